The molecule has 0 bridgehead atoms. The van der Waals surface area contributed by atoms with E-state index in [4.69, 9.17) is 4.74 Å². The molecule has 11 heavy (non-hydrogen) atoms. The van der Waals surface area contributed by atoms with Crippen LogP contribution in [-0.2, 0) is 4.74 Å². The number of hydrogen-bond donors (Lipinski definition) is 0. The van der Waals surface area contributed by atoms with Gasteiger partial charge in [0.15, 0.2) is 0 Å². The van der Waals surface area contributed by atoms with E-state index in [1.165, 1.54) is 19.3 Å². The maximum atomic E-state index is 5.83. The topological polar surface area (TPSA) is 9.23 Å². The van der Waals surface area contributed by atoms with Gasteiger partial charge in [0.25, 0.3) is 0 Å². The Labute approximate surface area is 70.1 Å². The Morgan fingerprint density at radius 2 is 1.82 bits per heavy atom. The molecule has 0 aromatic rings. The zero-order valence-electron chi connectivity index (χ0n) is 8.24. The van der Waals surface area contributed by atoms with Crippen LogP contribution in [0.5, 0.6) is 0 Å². The fourth-order valence-corrected chi connectivity index (χ4v) is 1.89. The molecule has 0 unspecified atom stereocenters. The molecule has 0 aromatic heterocycles. The molecule has 1 fully saturated rings. The molecule has 0 amide bonds. The minimum absolute atomic E-state index is 0.210. The molecular formula is C10H20O. The average Bonchev–Trinajstić information content (AvgIpc) is 1.75. The van der Waals surface area contributed by atoms with Crippen LogP contribution in [0.4, 0.5) is 0 Å². The Balaban J connectivity index is 2.60. The molecule has 66 valence electrons. The van der Waals surface area contributed by atoms with E-state index in [0.717, 1.165) is 6.61 Å². The van der Waals surface area contributed by atoms with Crippen LogP contribution < -0.4 is 0 Å². The summed E-state index contributed by atoms with van der Waals surface area (Å²) in [5, 5.41) is 0. The Bertz CT molecular complexity index is 128. The fourth-order valence-electron chi connectivity index (χ4n) is 1.89. The van der Waals surface area contributed by atoms with Crippen LogP contribution in [0.25, 0.3) is 0 Å². The highest BCUT2D eigenvalue weighted by molar-refractivity contribution is 4.98. The molecule has 0 heterocycles. The predicted molar refractivity (Wildman–Crippen MR) is 47.7 cm³/mol. The normalized spacial score (nSPS) is 22.9. The van der Waals surface area contributed by atoms with Crippen molar-refractivity contribution in [2.45, 2.75) is 52.6 Å². The van der Waals surface area contributed by atoms with Crippen LogP contribution in [0.15, 0.2) is 0 Å². The summed E-state index contributed by atoms with van der Waals surface area (Å²) in [5.41, 5.74) is 0.531. The van der Waals surface area contributed by atoms with E-state index in [1.807, 2.05) is 0 Å². The van der Waals surface area contributed by atoms with E-state index >= 15 is 0 Å². The van der Waals surface area contributed by atoms with Gasteiger partial charge in [-0.3, -0.25) is 0 Å². The highest BCUT2D eigenvalue weighted by Crippen LogP contribution is 2.48. The lowest BCUT2D eigenvalue weighted by Gasteiger charge is -2.51. The lowest BCUT2D eigenvalue weighted by Crippen LogP contribution is -2.51. The molecule has 0 saturated heterocycles. The second-order valence-corrected chi connectivity index (χ2v) is 4.53. The predicted octanol–water partition coefficient (Wildman–Crippen LogP) is 2.99. The summed E-state index contributed by atoms with van der Waals surface area (Å²) in [6.07, 6.45) is 3.85. The summed E-state index contributed by atoms with van der Waals surface area (Å²) in [4.78, 5) is 0. The maximum absolute atomic E-state index is 5.83. The average molecular weight is 156 g/mol. The lowest BCUT2D eigenvalue weighted by atomic mass is 9.64. The number of ether oxygens (including phenoxy) is 1. The first-order valence-corrected chi connectivity index (χ1v) is 4.66. The molecule has 0 atom stereocenters. The van der Waals surface area contributed by atoms with Crippen molar-refractivity contribution < 1.29 is 4.74 Å². The first kappa shape index (κ1) is 9.05. The zero-order chi connectivity index (χ0) is 8.54. The highest BCUT2D eigenvalue weighted by Gasteiger charge is 2.47. The SMILES string of the molecule is CCOC1(C(C)(C)C)CCC1. The third-order valence-electron chi connectivity index (χ3n) is 2.95. The van der Waals surface area contributed by atoms with Gasteiger partial charge in [0.1, 0.15) is 0 Å². The van der Waals surface area contributed by atoms with Crippen molar-refractivity contribution >= 4 is 0 Å². The summed E-state index contributed by atoms with van der Waals surface area (Å²) in [6, 6.07) is 0. The molecule has 0 aromatic carbocycles. The third kappa shape index (κ3) is 1.44. The quantitative estimate of drug-likeness (QED) is 0.597. The second kappa shape index (κ2) is 2.78. The molecule has 1 saturated carbocycles. The third-order valence-corrected chi connectivity index (χ3v) is 2.95. The van der Waals surface area contributed by atoms with Crippen molar-refractivity contribution in [1.82, 2.24) is 0 Å². The van der Waals surface area contributed by atoms with Crippen molar-refractivity contribution in [3.8, 4) is 0 Å². The molecule has 0 radical (unpaired) electrons. The van der Waals surface area contributed by atoms with Crippen molar-refractivity contribution in [3.63, 3.8) is 0 Å². The van der Waals surface area contributed by atoms with Gasteiger partial charge in [0.2, 0.25) is 0 Å². The summed E-state index contributed by atoms with van der Waals surface area (Å²) in [5.74, 6) is 0. The van der Waals surface area contributed by atoms with Gasteiger partial charge in [-0.05, 0) is 31.6 Å². The van der Waals surface area contributed by atoms with Crippen LogP contribution in [0.1, 0.15) is 47.0 Å². The van der Waals surface area contributed by atoms with Crippen LogP contribution in [0, 0.1) is 5.41 Å². The minimum atomic E-state index is 0.210. The van der Waals surface area contributed by atoms with Gasteiger partial charge < -0.3 is 4.74 Å². The molecule has 0 spiro atoms. The molecular weight excluding hydrogens is 136 g/mol. The van der Waals surface area contributed by atoms with Gasteiger partial charge in [0.05, 0.1) is 5.60 Å². The van der Waals surface area contributed by atoms with Crippen molar-refractivity contribution in [3.05, 3.63) is 0 Å². The van der Waals surface area contributed by atoms with Gasteiger partial charge >= 0.3 is 0 Å². The van der Waals surface area contributed by atoms with Crippen LogP contribution in [0.3, 0.4) is 0 Å². The summed E-state index contributed by atoms with van der Waals surface area (Å²) >= 11 is 0. The van der Waals surface area contributed by atoms with E-state index in [9.17, 15) is 0 Å². The highest BCUT2D eigenvalue weighted by atomic mass is 16.5. The van der Waals surface area contributed by atoms with Gasteiger partial charge in [-0.15, -0.1) is 0 Å². The molecule has 1 aliphatic carbocycles. The van der Waals surface area contributed by atoms with E-state index in [2.05, 4.69) is 27.7 Å². The second-order valence-electron chi connectivity index (χ2n) is 4.53. The maximum Gasteiger partial charge on any atom is 0.0730 e. The first-order chi connectivity index (χ1) is 5.02. The Morgan fingerprint density at radius 1 is 1.27 bits per heavy atom. The lowest BCUT2D eigenvalue weighted by molar-refractivity contribution is -0.162. The smallest absolute Gasteiger partial charge is 0.0730 e. The number of hydrogen-bond acceptors (Lipinski definition) is 1. The van der Waals surface area contributed by atoms with Gasteiger partial charge in [-0.25, -0.2) is 0 Å². The summed E-state index contributed by atoms with van der Waals surface area (Å²) < 4.78 is 5.83. The molecule has 1 heteroatoms. The molecule has 1 nitrogen and oxygen atoms in total. The standard InChI is InChI=1S/C10H20O/c1-5-11-10(7-6-8-10)9(2,3)4/h5-8H2,1-4H3. The Morgan fingerprint density at radius 3 is 1.91 bits per heavy atom. The van der Waals surface area contributed by atoms with Crippen LogP contribution in [-0.4, -0.2) is 12.2 Å². The van der Waals surface area contributed by atoms with E-state index in [0.29, 0.717) is 5.41 Å². The van der Waals surface area contributed by atoms with Crippen LogP contribution >= 0.6 is 0 Å². The van der Waals surface area contributed by atoms with Crippen molar-refractivity contribution in [2.24, 2.45) is 5.41 Å². The summed E-state index contributed by atoms with van der Waals surface area (Å²) in [6.45, 7) is 9.79. The first-order valence-electron chi connectivity index (χ1n) is 4.66. The molecule has 0 aliphatic heterocycles. The largest absolute Gasteiger partial charge is 0.375 e. The van der Waals surface area contributed by atoms with Crippen molar-refractivity contribution in [1.29, 1.82) is 0 Å². The van der Waals surface area contributed by atoms with E-state index in [-0.39, 0.29) is 5.60 Å². The van der Waals surface area contributed by atoms with Gasteiger partial charge in [-0.2, -0.15) is 0 Å². The van der Waals surface area contributed by atoms with Gasteiger partial charge in [0, 0.05) is 6.61 Å². The molecule has 1 rings (SSSR count). The number of rotatable bonds is 2. The molecule has 0 N–H and O–H groups in total. The zero-order valence-corrected chi connectivity index (χ0v) is 8.24. The summed E-state index contributed by atoms with van der Waals surface area (Å²) in [7, 11) is 0. The van der Waals surface area contributed by atoms with Gasteiger partial charge in [-0.1, -0.05) is 20.8 Å². The van der Waals surface area contributed by atoms with E-state index < -0.39 is 0 Å². The fraction of sp³-hybridized carbons (Fsp3) is 1.00. The molecule has 1 aliphatic rings. The minimum Gasteiger partial charge on any atom is -0.375 e. The van der Waals surface area contributed by atoms with Crippen molar-refractivity contribution in [2.75, 3.05) is 6.61 Å². The Hall–Kier alpha value is -0.0400. The monoisotopic (exact) mass is 156 g/mol. The van der Waals surface area contributed by atoms with E-state index in [1.54, 1.807) is 0 Å². The van der Waals surface area contributed by atoms with Crippen LogP contribution in [0.2, 0.25) is 0 Å². The Kier molecular flexibility index (Phi) is 2.29.